The molecular formula is C25H22FN3O2. The molecular weight excluding hydrogens is 393 g/mol. The van der Waals surface area contributed by atoms with Crippen LogP contribution in [0.5, 0.6) is 0 Å². The SMILES string of the molecule is O=C(c1ccc2ccccc2n1)N1CCC[C@H](c2ncc(Cc3cccc(F)c3)o2)C1. The fourth-order valence-electron chi connectivity index (χ4n) is 4.15. The summed E-state index contributed by atoms with van der Waals surface area (Å²) < 4.78 is 19.4. The van der Waals surface area contributed by atoms with Gasteiger partial charge in [-0.2, -0.15) is 0 Å². The second kappa shape index (κ2) is 8.30. The summed E-state index contributed by atoms with van der Waals surface area (Å²) >= 11 is 0. The lowest BCUT2D eigenvalue weighted by Crippen LogP contribution is -2.39. The highest BCUT2D eigenvalue weighted by atomic mass is 19.1. The van der Waals surface area contributed by atoms with Crippen LogP contribution in [0.25, 0.3) is 10.9 Å². The second-order valence-corrected chi connectivity index (χ2v) is 7.95. The fourth-order valence-corrected chi connectivity index (χ4v) is 4.15. The number of amides is 1. The summed E-state index contributed by atoms with van der Waals surface area (Å²) in [6, 6.07) is 18.0. The number of nitrogens with zero attached hydrogens (tertiary/aromatic N) is 3. The monoisotopic (exact) mass is 415 g/mol. The first-order valence-electron chi connectivity index (χ1n) is 10.5. The van der Waals surface area contributed by atoms with Crippen molar-refractivity contribution in [2.24, 2.45) is 0 Å². The van der Waals surface area contributed by atoms with E-state index in [1.165, 1.54) is 12.1 Å². The molecule has 0 N–H and O–H groups in total. The molecule has 2 aromatic heterocycles. The molecule has 1 fully saturated rings. The minimum absolute atomic E-state index is 0.0411. The fraction of sp³-hybridized carbons (Fsp3) is 0.240. The molecule has 5 rings (SSSR count). The van der Waals surface area contributed by atoms with E-state index in [2.05, 4.69) is 9.97 Å². The van der Waals surface area contributed by atoms with E-state index >= 15 is 0 Å². The molecule has 156 valence electrons. The standard InChI is InChI=1S/C25H22FN3O2/c26-20-8-3-5-17(13-20)14-21-15-27-24(31-21)19-7-4-12-29(16-19)25(30)23-11-10-18-6-1-2-9-22(18)28-23/h1-3,5-6,8-11,13,15,19H,4,7,12,14,16H2/t19-/m0/s1. The van der Waals surface area contributed by atoms with E-state index in [1.54, 1.807) is 18.3 Å². The number of hydrogen-bond acceptors (Lipinski definition) is 4. The van der Waals surface area contributed by atoms with Crippen molar-refractivity contribution in [2.45, 2.75) is 25.2 Å². The molecule has 0 radical (unpaired) electrons. The van der Waals surface area contributed by atoms with Gasteiger partial charge in [-0.1, -0.05) is 36.4 Å². The molecule has 0 unspecified atom stereocenters. The van der Waals surface area contributed by atoms with E-state index in [0.717, 1.165) is 29.3 Å². The number of fused-ring (bicyclic) bond motifs is 1. The summed E-state index contributed by atoms with van der Waals surface area (Å²) in [5.74, 6) is 1.04. The van der Waals surface area contributed by atoms with Gasteiger partial charge in [0.2, 0.25) is 0 Å². The van der Waals surface area contributed by atoms with Gasteiger partial charge in [-0.25, -0.2) is 14.4 Å². The first-order valence-corrected chi connectivity index (χ1v) is 10.5. The Labute approximate surface area is 179 Å². The van der Waals surface area contributed by atoms with Crippen LogP contribution in [0.15, 0.2) is 71.3 Å². The maximum absolute atomic E-state index is 13.4. The van der Waals surface area contributed by atoms with E-state index in [0.29, 0.717) is 36.9 Å². The topological polar surface area (TPSA) is 59.2 Å². The van der Waals surface area contributed by atoms with Crippen LogP contribution < -0.4 is 0 Å². The lowest BCUT2D eigenvalue weighted by molar-refractivity contribution is 0.0692. The average Bonchev–Trinajstić information content (AvgIpc) is 3.27. The number of para-hydroxylation sites is 1. The third kappa shape index (κ3) is 4.19. The predicted molar refractivity (Wildman–Crippen MR) is 115 cm³/mol. The van der Waals surface area contributed by atoms with Crippen LogP contribution in [0.2, 0.25) is 0 Å². The van der Waals surface area contributed by atoms with Gasteiger partial charge < -0.3 is 9.32 Å². The molecule has 1 atom stereocenters. The number of likely N-dealkylation sites (tertiary alicyclic amines) is 1. The molecule has 0 spiro atoms. The molecule has 31 heavy (non-hydrogen) atoms. The van der Waals surface area contributed by atoms with Crippen molar-refractivity contribution in [3.63, 3.8) is 0 Å². The Kier molecular flexibility index (Phi) is 5.20. The minimum atomic E-state index is -0.263. The van der Waals surface area contributed by atoms with Gasteiger partial charge in [0.25, 0.3) is 5.91 Å². The van der Waals surface area contributed by atoms with Crippen LogP contribution in [-0.4, -0.2) is 33.9 Å². The zero-order valence-electron chi connectivity index (χ0n) is 17.0. The quantitative estimate of drug-likeness (QED) is 0.472. The number of carbonyl (C=O) groups is 1. The Balaban J connectivity index is 1.29. The van der Waals surface area contributed by atoms with E-state index in [1.807, 2.05) is 41.3 Å². The van der Waals surface area contributed by atoms with Crippen LogP contribution in [0.3, 0.4) is 0 Å². The summed E-state index contributed by atoms with van der Waals surface area (Å²) in [7, 11) is 0. The van der Waals surface area contributed by atoms with Crippen LogP contribution in [0.4, 0.5) is 4.39 Å². The van der Waals surface area contributed by atoms with Gasteiger partial charge in [-0.3, -0.25) is 4.79 Å². The number of oxazole rings is 1. The molecule has 1 amide bonds. The highest BCUT2D eigenvalue weighted by Crippen LogP contribution is 2.28. The van der Waals surface area contributed by atoms with E-state index in [-0.39, 0.29) is 17.6 Å². The Morgan fingerprint density at radius 2 is 2.03 bits per heavy atom. The van der Waals surface area contributed by atoms with Gasteiger partial charge in [0, 0.05) is 24.9 Å². The summed E-state index contributed by atoms with van der Waals surface area (Å²) in [5.41, 5.74) is 2.11. The molecule has 1 aliphatic rings. The van der Waals surface area contributed by atoms with Crippen LogP contribution >= 0.6 is 0 Å². The number of pyridine rings is 1. The van der Waals surface area contributed by atoms with Crippen molar-refractivity contribution < 1.29 is 13.6 Å². The number of hydrogen-bond donors (Lipinski definition) is 0. The molecule has 2 aromatic carbocycles. The zero-order valence-corrected chi connectivity index (χ0v) is 17.0. The molecule has 5 nitrogen and oxygen atoms in total. The molecule has 3 heterocycles. The van der Waals surface area contributed by atoms with Crippen molar-refractivity contribution in [1.82, 2.24) is 14.9 Å². The van der Waals surface area contributed by atoms with Gasteiger partial charge in [0.1, 0.15) is 17.3 Å². The number of piperidine rings is 1. The molecule has 1 saturated heterocycles. The van der Waals surface area contributed by atoms with E-state index in [4.69, 9.17) is 4.42 Å². The largest absolute Gasteiger partial charge is 0.445 e. The molecule has 0 bridgehead atoms. The summed E-state index contributed by atoms with van der Waals surface area (Å²) in [6.07, 6.45) is 3.98. The van der Waals surface area contributed by atoms with Crippen molar-refractivity contribution in [1.29, 1.82) is 0 Å². The number of halogens is 1. The number of carbonyl (C=O) groups excluding carboxylic acids is 1. The minimum Gasteiger partial charge on any atom is -0.445 e. The smallest absolute Gasteiger partial charge is 0.272 e. The number of aromatic nitrogens is 2. The number of rotatable bonds is 4. The molecule has 6 heteroatoms. The normalized spacial score (nSPS) is 16.5. The lowest BCUT2D eigenvalue weighted by Gasteiger charge is -2.31. The maximum Gasteiger partial charge on any atom is 0.272 e. The predicted octanol–water partition coefficient (Wildman–Crippen LogP) is 4.97. The lowest BCUT2D eigenvalue weighted by atomic mass is 9.97. The van der Waals surface area contributed by atoms with E-state index < -0.39 is 0 Å². The highest BCUT2D eigenvalue weighted by molar-refractivity contribution is 5.95. The van der Waals surface area contributed by atoms with Gasteiger partial charge in [0.05, 0.1) is 17.6 Å². The van der Waals surface area contributed by atoms with Crippen LogP contribution in [0.1, 0.15) is 46.5 Å². The maximum atomic E-state index is 13.4. The first-order chi connectivity index (χ1) is 15.2. The van der Waals surface area contributed by atoms with Crippen molar-refractivity contribution in [3.8, 4) is 0 Å². The van der Waals surface area contributed by atoms with Crippen LogP contribution in [-0.2, 0) is 6.42 Å². The Morgan fingerprint density at radius 1 is 1.13 bits per heavy atom. The summed E-state index contributed by atoms with van der Waals surface area (Å²) in [4.78, 5) is 23.9. The van der Waals surface area contributed by atoms with E-state index in [9.17, 15) is 9.18 Å². The van der Waals surface area contributed by atoms with Crippen molar-refractivity contribution in [2.75, 3.05) is 13.1 Å². The van der Waals surface area contributed by atoms with Gasteiger partial charge in [0.15, 0.2) is 5.89 Å². The van der Waals surface area contributed by atoms with Gasteiger partial charge >= 0.3 is 0 Å². The molecule has 0 saturated carbocycles. The highest BCUT2D eigenvalue weighted by Gasteiger charge is 2.29. The summed E-state index contributed by atoms with van der Waals surface area (Å²) in [5, 5.41) is 1.01. The van der Waals surface area contributed by atoms with Gasteiger partial charge in [-0.15, -0.1) is 0 Å². The van der Waals surface area contributed by atoms with Crippen LogP contribution in [0, 0.1) is 5.82 Å². The number of benzene rings is 2. The van der Waals surface area contributed by atoms with Crippen molar-refractivity contribution >= 4 is 16.8 Å². The Morgan fingerprint density at radius 3 is 2.94 bits per heavy atom. The summed E-state index contributed by atoms with van der Waals surface area (Å²) in [6.45, 7) is 1.24. The zero-order chi connectivity index (χ0) is 21.2. The van der Waals surface area contributed by atoms with Crippen molar-refractivity contribution in [3.05, 3.63) is 95.6 Å². The molecule has 4 aromatic rings. The average molecular weight is 415 g/mol. The molecule has 0 aliphatic carbocycles. The molecule has 1 aliphatic heterocycles. The second-order valence-electron chi connectivity index (χ2n) is 7.95. The Hall–Kier alpha value is -3.54. The third-order valence-corrected chi connectivity index (χ3v) is 5.71. The van der Waals surface area contributed by atoms with Gasteiger partial charge in [-0.05, 0) is 42.7 Å². The first kappa shape index (κ1) is 19.4. The Bertz CT molecular complexity index is 1240. The third-order valence-electron chi connectivity index (χ3n) is 5.71.